The maximum atomic E-state index is 15.0. The maximum Gasteiger partial charge on any atom is 0.277 e. The number of halogens is 2. The normalized spacial score (nSPS) is 16.1. The van der Waals surface area contributed by atoms with Crippen LogP contribution in [0.5, 0.6) is 5.75 Å². The van der Waals surface area contributed by atoms with Crippen LogP contribution < -0.4 is 26.4 Å². The van der Waals surface area contributed by atoms with Crippen LogP contribution in [0.25, 0.3) is 10.6 Å². The molecular formula is C23H26F2N6O2S. The quantitative estimate of drug-likeness (QED) is 0.479. The molecule has 0 spiro atoms. The van der Waals surface area contributed by atoms with Gasteiger partial charge in [-0.25, -0.2) is 13.8 Å². The summed E-state index contributed by atoms with van der Waals surface area (Å²) in [5.74, 6) is -2.44. The van der Waals surface area contributed by atoms with Gasteiger partial charge in [0, 0.05) is 25.3 Å². The zero-order valence-corrected chi connectivity index (χ0v) is 19.7. The van der Waals surface area contributed by atoms with Crippen LogP contribution in [0.4, 0.5) is 25.2 Å². The van der Waals surface area contributed by atoms with Gasteiger partial charge < -0.3 is 26.4 Å². The van der Waals surface area contributed by atoms with Crippen LogP contribution in [0.15, 0.2) is 30.6 Å². The number of amides is 1. The fourth-order valence-electron chi connectivity index (χ4n) is 3.85. The SMILES string of the molecule is CC(C)Oc1ccc(F)c(-c2nc(C(=O)Nc3cnccc3N3CCC[C@H](N)C3)c(N)s2)c1F. The highest BCUT2D eigenvalue weighted by atomic mass is 32.1. The number of pyridine rings is 1. The van der Waals surface area contributed by atoms with Crippen LogP contribution >= 0.6 is 11.3 Å². The largest absolute Gasteiger partial charge is 0.488 e. The second-order valence-corrected chi connectivity index (χ2v) is 9.36. The molecule has 0 unspecified atom stereocenters. The van der Waals surface area contributed by atoms with Gasteiger partial charge in [0.25, 0.3) is 5.91 Å². The number of aromatic nitrogens is 2. The fourth-order valence-corrected chi connectivity index (χ4v) is 4.71. The van der Waals surface area contributed by atoms with Gasteiger partial charge in [-0.15, -0.1) is 0 Å². The predicted octanol–water partition coefficient (Wildman–Crippen LogP) is 4.03. The Bertz CT molecular complexity index is 1200. The summed E-state index contributed by atoms with van der Waals surface area (Å²) in [6.07, 6.45) is 4.74. The Morgan fingerprint density at radius 3 is 2.85 bits per heavy atom. The highest BCUT2D eigenvalue weighted by Crippen LogP contribution is 2.37. The van der Waals surface area contributed by atoms with Gasteiger partial charge in [0.1, 0.15) is 15.8 Å². The Balaban J connectivity index is 1.62. The number of rotatable bonds is 6. The molecule has 3 heterocycles. The first-order chi connectivity index (χ1) is 16.2. The molecule has 3 aromatic rings. The van der Waals surface area contributed by atoms with Gasteiger partial charge in [0.15, 0.2) is 17.3 Å². The first kappa shape index (κ1) is 23.8. The van der Waals surface area contributed by atoms with Crippen molar-refractivity contribution < 1.29 is 18.3 Å². The molecule has 1 amide bonds. The van der Waals surface area contributed by atoms with E-state index in [1.807, 2.05) is 0 Å². The zero-order chi connectivity index (χ0) is 24.4. The lowest BCUT2D eigenvalue weighted by molar-refractivity contribution is 0.102. The van der Waals surface area contributed by atoms with Crippen LogP contribution in [0, 0.1) is 11.6 Å². The molecule has 0 radical (unpaired) electrons. The number of carbonyl (C=O) groups excluding carboxylic acids is 1. The molecule has 4 rings (SSSR count). The third kappa shape index (κ3) is 4.95. The van der Waals surface area contributed by atoms with Gasteiger partial charge in [-0.3, -0.25) is 9.78 Å². The van der Waals surface area contributed by atoms with Crippen molar-refractivity contribution in [3.63, 3.8) is 0 Å². The molecule has 1 aromatic carbocycles. The van der Waals surface area contributed by atoms with Crippen molar-refractivity contribution in [2.75, 3.05) is 29.0 Å². The van der Waals surface area contributed by atoms with E-state index in [4.69, 9.17) is 16.2 Å². The number of piperidine rings is 1. The highest BCUT2D eigenvalue weighted by Gasteiger charge is 2.25. The maximum absolute atomic E-state index is 15.0. The number of nitrogen functional groups attached to an aromatic ring is 1. The van der Waals surface area contributed by atoms with Crippen LogP contribution in [0.3, 0.4) is 0 Å². The third-order valence-corrected chi connectivity index (χ3v) is 6.25. The van der Waals surface area contributed by atoms with Gasteiger partial charge in [0.2, 0.25) is 0 Å². The molecule has 1 fully saturated rings. The topological polar surface area (TPSA) is 119 Å². The molecule has 1 aliphatic rings. The highest BCUT2D eigenvalue weighted by molar-refractivity contribution is 7.19. The number of benzene rings is 1. The average molecular weight is 489 g/mol. The summed E-state index contributed by atoms with van der Waals surface area (Å²) in [5, 5.41) is 2.76. The number of thiazole rings is 1. The van der Waals surface area contributed by atoms with E-state index in [0.29, 0.717) is 12.2 Å². The minimum Gasteiger partial charge on any atom is -0.488 e. The Morgan fingerprint density at radius 1 is 1.32 bits per heavy atom. The number of nitrogens with zero attached hydrogens (tertiary/aromatic N) is 3. The van der Waals surface area contributed by atoms with E-state index >= 15 is 0 Å². The summed E-state index contributed by atoms with van der Waals surface area (Å²) in [7, 11) is 0. The summed E-state index contributed by atoms with van der Waals surface area (Å²) in [6, 6.07) is 4.16. The number of carbonyl (C=O) groups is 1. The first-order valence-electron chi connectivity index (χ1n) is 10.9. The monoisotopic (exact) mass is 488 g/mol. The minimum absolute atomic E-state index is 0.0342. The lowest BCUT2D eigenvalue weighted by atomic mass is 10.1. The van der Waals surface area contributed by atoms with Crippen molar-refractivity contribution in [1.29, 1.82) is 0 Å². The van der Waals surface area contributed by atoms with Crippen molar-refractivity contribution in [2.24, 2.45) is 5.73 Å². The fraction of sp³-hybridized carbons (Fsp3) is 0.348. The van der Waals surface area contributed by atoms with E-state index in [0.717, 1.165) is 42.5 Å². The molecule has 0 saturated carbocycles. The molecule has 11 heteroatoms. The first-order valence-corrected chi connectivity index (χ1v) is 11.7. The van der Waals surface area contributed by atoms with E-state index in [1.165, 1.54) is 12.3 Å². The van der Waals surface area contributed by atoms with Gasteiger partial charge in [-0.05, 0) is 44.9 Å². The van der Waals surface area contributed by atoms with Gasteiger partial charge in [-0.1, -0.05) is 11.3 Å². The molecule has 34 heavy (non-hydrogen) atoms. The molecule has 1 atom stereocenters. The van der Waals surface area contributed by atoms with Gasteiger partial charge >= 0.3 is 0 Å². The molecule has 2 aromatic heterocycles. The van der Waals surface area contributed by atoms with Gasteiger partial charge in [0.05, 0.1) is 29.2 Å². The molecule has 180 valence electrons. The van der Waals surface area contributed by atoms with Crippen molar-refractivity contribution in [1.82, 2.24) is 9.97 Å². The average Bonchev–Trinajstić information content (AvgIpc) is 3.17. The van der Waals surface area contributed by atoms with E-state index in [1.54, 1.807) is 26.1 Å². The number of nitrogens with one attached hydrogen (secondary N) is 1. The smallest absolute Gasteiger partial charge is 0.277 e. The van der Waals surface area contributed by atoms with E-state index in [-0.39, 0.29) is 33.6 Å². The molecule has 1 saturated heterocycles. The molecule has 0 aliphatic carbocycles. The van der Waals surface area contributed by atoms with Crippen molar-refractivity contribution in [3.05, 3.63) is 47.9 Å². The summed E-state index contributed by atoms with van der Waals surface area (Å²) in [4.78, 5) is 23.4. The molecule has 1 aliphatic heterocycles. The van der Waals surface area contributed by atoms with E-state index < -0.39 is 23.1 Å². The Labute approximate surface area is 199 Å². The molecular weight excluding hydrogens is 462 g/mol. The molecule has 8 nitrogen and oxygen atoms in total. The van der Waals surface area contributed by atoms with Crippen molar-refractivity contribution in [3.8, 4) is 16.3 Å². The van der Waals surface area contributed by atoms with Crippen LogP contribution in [-0.4, -0.2) is 41.1 Å². The van der Waals surface area contributed by atoms with Crippen molar-refractivity contribution in [2.45, 2.75) is 38.8 Å². The van der Waals surface area contributed by atoms with Crippen LogP contribution in [0.2, 0.25) is 0 Å². The predicted molar refractivity (Wildman–Crippen MR) is 129 cm³/mol. The second-order valence-electron chi connectivity index (χ2n) is 8.33. The standard InChI is InChI=1S/C23H26F2N6O2S/c1-12(2)33-17-6-5-14(24)18(19(17)25)23-30-20(21(27)34-23)22(32)29-15-10-28-8-7-16(15)31-9-3-4-13(26)11-31/h5-8,10,12-13H,3-4,9,11,26-27H2,1-2H3,(H,29,32)/t13-/m0/s1. The summed E-state index contributed by atoms with van der Waals surface area (Å²) in [6.45, 7) is 4.92. The van der Waals surface area contributed by atoms with Crippen LogP contribution in [0.1, 0.15) is 37.2 Å². The lowest BCUT2D eigenvalue weighted by Gasteiger charge is -2.33. The van der Waals surface area contributed by atoms with Gasteiger partial charge in [-0.2, -0.15) is 0 Å². The molecule has 5 N–H and O–H groups in total. The van der Waals surface area contributed by atoms with E-state index in [2.05, 4.69) is 20.2 Å². The third-order valence-electron chi connectivity index (χ3n) is 5.35. The van der Waals surface area contributed by atoms with Crippen LogP contribution in [-0.2, 0) is 0 Å². The lowest BCUT2D eigenvalue weighted by Crippen LogP contribution is -2.43. The Kier molecular flexibility index (Phi) is 6.94. The second kappa shape index (κ2) is 9.90. The number of hydrogen-bond acceptors (Lipinski definition) is 8. The summed E-state index contributed by atoms with van der Waals surface area (Å²) < 4.78 is 34.9. The van der Waals surface area contributed by atoms with Crippen molar-refractivity contribution >= 4 is 33.6 Å². The Hall–Kier alpha value is -3.31. The number of nitrogens with two attached hydrogens (primary N) is 2. The Morgan fingerprint density at radius 2 is 2.12 bits per heavy atom. The number of anilines is 3. The zero-order valence-electron chi connectivity index (χ0n) is 18.8. The van der Waals surface area contributed by atoms with E-state index in [9.17, 15) is 13.6 Å². The molecule has 0 bridgehead atoms. The number of ether oxygens (including phenoxy) is 1. The number of hydrogen-bond donors (Lipinski definition) is 3. The summed E-state index contributed by atoms with van der Waals surface area (Å²) in [5.41, 5.74) is 12.9. The summed E-state index contributed by atoms with van der Waals surface area (Å²) >= 11 is 0.823. The minimum atomic E-state index is -0.898.